The Kier molecular flexibility index (Phi) is 7.83. The predicted octanol–water partition coefficient (Wildman–Crippen LogP) is 3.04. The molecule has 0 spiro atoms. The van der Waals surface area contributed by atoms with Gasteiger partial charge in [-0.15, -0.1) is 0 Å². The van der Waals surface area contributed by atoms with E-state index in [0.717, 1.165) is 18.2 Å². The average Bonchev–Trinajstić information content (AvgIpc) is 3.07. The van der Waals surface area contributed by atoms with Crippen LogP contribution in [0.2, 0.25) is 0 Å². The van der Waals surface area contributed by atoms with Gasteiger partial charge in [-0.2, -0.15) is 0 Å². The SMILES string of the molecule is CCCC(NC(=O)Cc1cc(F)cc(F)c1)C(=O)Nc1cc(C(C)N(C)C)on1. The number of halogens is 2. The van der Waals surface area contributed by atoms with E-state index in [4.69, 9.17) is 4.52 Å². The minimum Gasteiger partial charge on any atom is -0.358 e. The second kappa shape index (κ2) is 10.1. The highest BCUT2D eigenvalue weighted by Gasteiger charge is 2.22. The molecule has 2 amide bonds. The van der Waals surface area contributed by atoms with Gasteiger partial charge in [0.25, 0.3) is 0 Å². The van der Waals surface area contributed by atoms with Crippen molar-refractivity contribution in [3.05, 3.63) is 47.2 Å². The van der Waals surface area contributed by atoms with E-state index in [2.05, 4.69) is 15.8 Å². The molecule has 0 saturated carbocycles. The van der Waals surface area contributed by atoms with Crippen molar-refractivity contribution in [2.24, 2.45) is 0 Å². The van der Waals surface area contributed by atoms with Crippen LogP contribution in [0.5, 0.6) is 0 Å². The number of amides is 2. The lowest BCUT2D eigenvalue weighted by atomic mass is 10.1. The van der Waals surface area contributed by atoms with E-state index in [1.54, 1.807) is 6.07 Å². The highest BCUT2D eigenvalue weighted by atomic mass is 19.1. The van der Waals surface area contributed by atoms with Crippen LogP contribution in [0, 0.1) is 11.6 Å². The molecule has 0 radical (unpaired) electrons. The van der Waals surface area contributed by atoms with Crippen molar-refractivity contribution in [1.82, 2.24) is 15.4 Å². The fourth-order valence-electron chi connectivity index (χ4n) is 2.71. The second-order valence-electron chi connectivity index (χ2n) is 7.11. The second-order valence-corrected chi connectivity index (χ2v) is 7.11. The van der Waals surface area contributed by atoms with Crippen molar-refractivity contribution in [2.45, 2.75) is 45.2 Å². The summed E-state index contributed by atoms with van der Waals surface area (Å²) in [5, 5.41) is 9.08. The molecule has 1 heterocycles. The van der Waals surface area contributed by atoms with Crippen molar-refractivity contribution >= 4 is 17.6 Å². The molecule has 1 aromatic carbocycles. The van der Waals surface area contributed by atoms with E-state index in [-0.39, 0.29) is 23.8 Å². The van der Waals surface area contributed by atoms with Crippen LogP contribution in [0.1, 0.15) is 44.1 Å². The highest BCUT2D eigenvalue weighted by molar-refractivity contribution is 5.96. The summed E-state index contributed by atoms with van der Waals surface area (Å²) in [5.41, 5.74) is 0.189. The summed E-state index contributed by atoms with van der Waals surface area (Å²) in [5.74, 6) is -1.63. The quantitative estimate of drug-likeness (QED) is 0.666. The van der Waals surface area contributed by atoms with Gasteiger partial charge in [-0.3, -0.25) is 14.5 Å². The summed E-state index contributed by atoms with van der Waals surface area (Å²) < 4.78 is 31.8. The molecule has 0 saturated heterocycles. The molecule has 2 atom stereocenters. The summed E-state index contributed by atoms with van der Waals surface area (Å²) in [6, 6.07) is 3.70. The van der Waals surface area contributed by atoms with Crippen molar-refractivity contribution in [2.75, 3.05) is 19.4 Å². The van der Waals surface area contributed by atoms with Crippen LogP contribution in [0.15, 0.2) is 28.8 Å². The lowest BCUT2D eigenvalue weighted by molar-refractivity contribution is -0.126. The molecule has 2 aromatic rings. The lowest BCUT2D eigenvalue weighted by Gasteiger charge is -2.17. The van der Waals surface area contributed by atoms with Crippen LogP contribution in [0.3, 0.4) is 0 Å². The Hall–Kier alpha value is -2.81. The van der Waals surface area contributed by atoms with Crippen molar-refractivity contribution < 1.29 is 22.9 Å². The zero-order valence-corrected chi connectivity index (χ0v) is 17.0. The molecule has 0 aliphatic carbocycles. The number of carbonyl (C=O) groups excluding carboxylic acids is 2. The molecule has 9 heteroatoms. The minimum atomic E-state index is -0.808. The van der Waals surface area contributed by atoms with E-state index in [1.165, 1.54) is 0 Å². The smallest absolute Gasteiger partial charge is 0.248 e. The molecule has 2 rings (SSSR count). The monoisotopic (exact) mass is 408 g/mol. The number of aromatic nitrogens is 1. The Morgan fingerprint density at radius 2 is 1.83 bits per heavy atom. The number of carbonyl (C=O) groups is 2. The summed E-state index contributed by atoms with van der Waals surface area (Å²) in [6.45, 7) is 3.81. The van der Waals surface area contributed by atoms with E-state index in [9.17, 15) is 18.4 Å². The predicted molar refractivity (Wildman–Crippen MR) is 104 cm³/mol. The van der Waals surface area contributed by atoms with Gasteiger partial charge in [-0.1, -0.05) is 18.5 Å². The van der Waals surface area contributed by atoms with Crippen LogP contribution < -0.4 is 10.6 Å². The normalized spacial score (nSPS) is 13.2. The number of benzene rings is 1. The summed E-state index contributed by atoms with van der Waals surface area (Å²) in [4.78, 5) is 26.8. The first kappa shape index (κ1) is 22.5. The van der Waals surface area contributed by atoms with Gasteiger partial charge in [0, 0.05) is 12.1 Å². The van der Waals surface area contributed by atoms with E-state index in [1.807, 2.05) is 32.8 Å². The van der Waals surface area contributed by atoms with Gasteiger partial charge in [-0.25, -0.2) is 8.78 Å². The standard InChI is InChI=1S/C20H26F2N4O3/c1-5-6-16(23-19(27)9-13-7-14(21)10-15(22)8-13)20(28)24-18-11-17(29-25-18)12(2)26(3)4/h7-8,10-12,16H,5-6,9H2,1-4H3,(H,23,27)(H,24,25,28). The Morgan fingerprint density at radius 3 is 2.41 bits per heavy atom. The maximum atomic E-state index is 13.3. The number of nitrogens with one attached hydrogen (secondary N) is 2. The molecular formula is C20H26F2N4O3. The topological polar surface area (TPSA) is 87.5 Å². The molecule has 0 bridgehead atoms. The van der Waals surface area contributed by atoms with Crippen LogP contribution in [-0.2, 0) is 16.0 Å². The first-order valence-electron chi connectivity index (χ1n) is 9.37. The van der Waals surface area contributed by atoms with Crippen LogP contribution in [-0.4, -0.2) is 42.0 Å². The van der Waals surface area contributed by atoms with Crippen molar-refractivity contribution in [1.29, 1.82) is 0 Å². The molecule has 7 nitrogen and oxygen atoms in total. The minimum absolute atomic E-state index is 0.0223. The third-order valence-corrected chi connectivity index (χ3v) is 4.48. The first-order chi connectivity index (χ1) is 13.7. The van der Waals surface area contributed by atoms with Crippen LogP contribution in [0.4, 0.5) is 14.6 Å². The third kappa shape index (κ3) is 6.63. The van der Waals surface area contributed by atoms with Crippen LogP contribution >= 0.6 is 0 Å². The lowest BCUT2D eigenvalue weighted by Crippen LogP contribution is -2.44. The van der Waals surface area contributed by atoms with Crippen molar-refractivity contribution in [3.63, 3.8) is 0 Å². The van der Waals surface area contributed by atoms with Crippen molar-refractivity contribution in [3.8, 4) is 0 Å². The van der Waals surface area contributed by atoms with Gasteiger partial charge >= 0.3 is 0 Å². The fraction of sp³-hybridized carbons (Fsp3) is 0.450. The Morgan fingerprint density at radius 1 is 1.17 bits per heavy atom. The molecule has 0 fully saturated rings. The number of nitrogens with zero attached hydrogens (tertiary/aromatic N) is 2. The highest BCUT2D eigenvalue weighted by Crippen LogP contribution is 2.20. The molecule has 2 unspecified atom stereocenters. The molecule has 2 N–H and O–H groups in total. The van der Waals surface area contributed by atoms with E-state index >= 15 is 0 Å². The molecule has 158 valence electrons. The van der Waals surface area contributed by atoms with Gasteiger partial charge in [0.2, 0.25) is 11.8 Å². The fourth-order valence-corrected chi connectivity index (χ4v) is 2.71. The number of anilines is 1. The molecule has 0 aliphatic rings. The van der Waals surface area contributed by atoms with Gasteiger partial charge in [-0.05, 0) is 45.1 Å². The summed E-state index contributed by atoms with van der Waals surface area (Å²) >= 11 is 0. The summed E-state index contributed by atoms with van der Waals surface area (Å²) in [6.07, 6.45) is 0.805. The molecule has 29 heavy (non-hydrogen) atoms. The zero-order valence-electron chi connectivity index (χ0n) is 17.0. The van der Waals surface area contributed by atoms with Gasteiger partial charge in [0.1, 0.15) is 17.7 Å². The zero-order chi connectivity index (χ0) is 21.6. The summed E-state index contributed by atoms with van der Waals surface area (Å²) in [7, 11) is 3.78. The van der Waals surface area contributed by atoms with Gasteiger partial charge in [0.05, 0.1) is 12.5 Å². The maximum Gasteiger partial charge on any atom is 0.248 e. The number of hydrogen-bond acceptors (Lipinski definition) is 5. The van der Waals surface area contributed by atoms with E-state index in [0.29, 0.717) is 18.6 Å². The average molecular weight is 408 g/mol. The van der Waals surface area contributed by atoms with Gasteiger partial charge in [0.15, 0.2) is 11.6 Å². The Balaban J connectivity index is 2.00. The first-order valence-corrected chi connectivity index (χ1v) is 9.37. The third-order valence-electron chi connectivity index (χ3n) is 4.48. The number of rotatable bonds is 9. The Bertz CT molecular complexity index is 834. The molecular weight excluding hydrogens is 382 g/mol. The van der Waals surface area contributed by atoms with E-state index < -0.39 is 29.5 Å². The molecule has 1 aromatic heterocycles. The van der Waals surface area contributed by atoms with Crippen LogP contribution in [0.25, 0.3) is 0 Å². The number of hydrogen-bond donors (Lipinski definition) is 2. The largest absolute Gasteiger partial charge is 0.358 e. The molecule has 0 aliphatic heterocycles. The van der Waals surface area contributed by atoms with Gasteiger partial charge < -0.3 is 15.2 Å². The Labute approximate surface area is 168 Å². The maximum absolute atomic E-state index is 13.3.